The molecular formula is C11H8F3NO2S. The van der Waals surface area contributed by atoms with Gasteiger partial charge in [0.25, 0.3) is 0 Å². The van der Waals surface area contributed by atoms with Crippen molar-refractivity contribution in [2.45, 2.75) is 12.6 Å². The predicted octanol–water partition coefficient (Wildman–Crippen LogP) is 2.98. The Hall–Kier alpha value is -1.63. The lowest BCUT2D eigenvalue weighted by molar-refractivity contribution is -0.170. The van der Waals surface area contributed by atoms with E-state index in [0.717, 1.165) is 11.3 Å². The molecule has 0 fully saturated rings. The predicted molar refractivity (Wildman–Crippen MR) is 60.9 cm³/mol. The van der Waals surface area contributed by atoms with Crippen LogP contribution < -0.4 is 4.74 Å². The van der Waals surface area contributed by atoms with Gasteiger partial charge in [0.1, 0.15) is 16.3 Å². The van der Waals surface area contributed by atoms with Crippen LogP contribution in [-0.4, -0.2) is 24.1 Å². The normalized spacial score (nSPS) is 11.8. The van der Waals surface area contributed by atoms with Gasteiger partial charge in [-0.15, -0.1) is 11.3 Å². The number of methoxy groups -OCH3 is 1. The molecule has 0 saturated carbocycles. The van der Waals surface area contributed by atoms with Gasteiger partial charge in [-0.3, -0.25) is 4.79 Å². The number of thiazole rings is 1. The molecule has 1 aromatic heterocycles. The van der Waals surface area contributed by atoms with E-state index in [-0.39, 0.29) is 5.01 Å². The molecule has 0 aliphatic rings. The van der Waals surface area contributed by atoms with Crippen LogP contribution in [-0.2, 0) is 11.2 Å². The number of fused-ring (bicyclic) bond motifs is 1. The molecule has 1 heterocycles. The van der Waals surface area contributed by atoms with Crippen molar-refractivity contribution in [3.8, 4) is 5.75 Å². The van der Waals surface area contributed by atoms with Crippen molar-refractivity contribution >= 4 is 27.3 Å². The minimum atomic E-state index is -4.82. The summed E-state index contributed by atoms with van der Waals surface area (Å²) in [4.78, 5) is 14.9. The molecular weight excluding hydrogens is 267 g/mol. The number of carbonyl (C=O) groups excluding carboxylic acids is 1. The Morgan fingerprint density at radius 3 is 2.78 bits per heavy atom. The highest BCUT2D eigenvalue weighted by Crippen LogP contribution is 2.30. The Morgan fingerprint density at radius 2 is 2.17 bits per heavy atom. The molecule has 2 aromatic rings. The van der Waals surface area contributed by atoms with Crippen LogP contribution in [0.5, 0.6) is 5.75 Å². The fourth-order valence-corrected chi connectivity index (χ4v) is 2.43. The van der Waals surface area contributed by atoms with Gasteiger partial charge < -0.3 is 4.74 Å². The van der Waals surface area contributed by atoms with Crippen LogP contribution in [0.1, 0.15) is 5.01 Å². The maximum Gasteiger partial charge on any atom is 0.450 e. The summed E-state index contributed by atoms with van der Waals surface area (Å²) in [6, 6.07) is 5.10. The van der Waals surface area contributed by atoms with Crippen LogP contribution >= 0.6 is 11.3 Å². The van der Waals surface area contributed by atoms with E-state index in [1.165, 1.54) is 7.11 Å². The third-order valence-corrected chi connectivity index (χ3v) is 3.29. The average molecular weight is 275 g/mol. The zero-order chi connectivity index (χ0) is 13.3. The third-order valence-electron chi connectivity index (χ3n) is 2.27. The first-order chi connectivity index (χ1) is 8.41. The largest absolute Gasteiger partial charge is 0.494 e. The van der Waals surface area contributed by atoms with E-state index in [1.807, 2.05) is 0 Å². The molecule has 7 heteroatoms. The van der Waals surface area contributed by atoms with E-state index in [2.05, 4.69) is 4.98 Å². The van der Waals surface area contributed by atoms with Crippen LogP contribution in [0.25, 0.3) is 10.2 Å². The van der Waals surface area contributed by atoms with Crippen molar-refractivity contribution in [2.24, 2.45) is 0 Å². The monoisotopic (exact) mass is 275 g/mol. The van der Waals surface area contributed by atoms with Crippen LogP contribution in [0.4, 0.5) is 13.2 Å². The number of Topliss-reactive ketones (excluding diaryl/α,β-unsaturated/α-hetero) is 1. The highest BCUT2D eigenvalue weighted by molar-refractivity contribution is 7.18. The zero-order valence-corrected chi connectivity index (χ0v) is 10.1. The van der Waals surface area contributed by atoms with Gasteiger partial charge in [-0.1, -0.05) is 6.07 Å². The van der Waals surface area contributed by atoms with Crippen LogP contribution in [0, 0.1) is 0 Å². The number of nitrogens with zero attached hydrogens (tertiary/aromatic N) is 1. The maximum atomic E-state index is 12.1. The molecule has 0 atom stereocenters. The Morgan fingerprint density at radius 1 is 1.44 bits per heavy atom. The molecule has 1 aromatic carbocycles. The number of para-hydroxylation sites is 1. The number of rotatable bonds is 3. The Bertz CT molecular complexity index is 591. The summed E-state index contributed by atoms with van der Waals surface area (Å²) in [5, 5.41) is 0.136. The fraction of sp³-hybridized carbons (Fsp3) is 0.273. The van der Waals surface area contributed by atoms with Gasteiger partial charge in [-0.2, -0.15) is 13.2 Å². The van der Waals surface area contributed by atoms with E-state index >= 15 is 0 Å². The van der Waals surface area contributed by atoms with Crippen molar-refractivity contribution < 1.29 is 22.7 Å². The van der Waals surface area contributed by atoms with Crippen LogP contribution in [0.3, 0.4) is 0 Å². The molecule has 0 N–H and O–H groups in total. The van der Waals surface area contributed by atoms with Crippen molar-refractivity contribution in [3.05, 3.63) is 23.2 Å². The summed E-state index contributed by atoms with van der Waals surface area (Å²) in [5.41, 5.74) is 0.481. The molecule has 0 amide bonds. The summed E-state index contributed by atoms with van der Waals surface area (Å²) in [5.74, 6) is -1.31. The van der Waals surface area contributed by atoms with Crippen molar-refractivity contribution in [1.29, 1.82) is 0 Å². The Kier molecular flexibility index (Phi) is 3.25. The van der Waals surface area contributed by atoms with E-state index < -0.39 is 18.4 Å². The first kappa shape index (κ1) is 12.8. The smallest absolute Gasteiger partial charge is 0.450 e. The van der Waals surface area contributed by atoms with E-state index in [0.29, 0.717) is 16.0 Å². The molecule has 0 spiro atoms. The highest BCUT2D eigenvalue weighted by atomic mass is 32.1. The standard InChI is InChI=1S/C11H8F3NO2S/c1-17-6-3-2-4-7-10(6)15-9(18-7)5-8(16)11(12,13)14/h2-4H,5H2,1H3. The number of ketones is 1. The quantitative estimate of drug-likeness (QED) is 0.864. The van der Waals surface area contributed by atoms with Crippen molar-refractivity contribution in [2.75, 3.05) is 7.11 Å². The van der Waals surface area contributed by atoms with Gasteiger partial charge in [0.05, 0.1) is 18.2 Å². The van der Waals surface area contributed by atoms with Gasteiger partial charge in [-0.25, -0.2) is 4.98 Å². The molecule has 96 valence electrons. The van der Waals surface area contributed by atoms with Crippen LogP contribution in [0.15, 0.2) is 18.2 Å². The van der Waals surface area contributed by atoms with E-state index in [9.17, 15) is 18.0 Å². The number of halogens is 3. The number of aromatic nitrogens is 1. The Labute approximate surface area is 104 Å². The third kappa shape index (κ3) is 2.45. The summed E-state index contributed by atoms with van der Waals surface area (Å²) in [6.07, 6.45) is -5.55. The van der Waals surface area contributed by atoms with E-state index in [4.69, 9.17) is 4.74 Å². The lowest BCUT2D eigenvalue weighted by Crippen LogP contribution is -2.24. The van der Waals surface area contributed by atoms with Crippen molar-refractivity contribution in [3.63, 3.8) is 0 Å². The Balaban J connectivity index is 2.34. The molecule has 2 rings (SSSR count). The van der Waals surface area contributed by atoms with E-state index in [1.54, 1.807) is 18.2 Å². The maximum absolute atomic E-state index is 12.1. The fourth-order valence-electron chi connectivity index (χ4n) is 1.45. The van der Waals surface area contributed by atoms with Gasteiger partial charge in [0.2, 0.25) is 5.78 Å². The second kappa shape index (κ2) is 4.56. The van der Waals surface area contributed by atoms with Crippen LogP contribution in [0.2, 0.25) is 0 Å². The van der Waals surface area contributed by atoms with Gasteiger partial charge in [0.15, 0.2) is 0 Å². The summed E-state index contributed by atoms with van der Waals surface area (Å²) < 4.78 is 42.2. The second-order valence-electron chi connectivity index (χ2n) is 3.51. The molecule has 0 bridgehead atoms. The lowest BCUT2D eigenvalue weighted by atomic mass is 10.3. The molecule has 0 unspecified atom stereocenters. The highest BCUT2D eigenvalue weighted by Gasteiger charge is 2.38. The van der Waals surface area contributed by atoms with Crippen molar-refractivity contribution in [1.82, 2.24) is 4.98 Å². The molecule has 18 heavy (non-hydrogen) atoms. The first-order valence-electron chi connectivity index (χ1n) is 4.94. The molecule has 3 nitrogen and oxygen atoms in total. The van der Waals surface area contributed by atoms with Gasteiger partial charge in [-0.05, 0) is 12.1 Å². The SMILES string of the molecule is COc1cccc2sc(CC(=O)C(F)(F)F)nc12. The molecule has 0 aliphatic carbocycles. The molecule has 0 saturated heterocycles. The summed E-state index contributed by atoms with van der Waals surface area (Å²) in [6.45, 7) is 0. The second-order valence-corrected chi connectivity index (χ2v) is 4.63. The van der Waals surface area contributed by atoms with Gasteiger partial charge >= 0.3 is 6.18 Å². The molecule has 0 radical (unpaired) electrons. The number of benzene rings is 1. The minimum absolute atomic E-state index is 0.136. The van der Waals surface area contributed by atoms with Gasteiger partial charge in [0, 0.05) is 0 Å². The lowest BCUT2D eigenvalue weighted by Gasteiger charge is -2.01. The number of hydrogen-bond acceptors (Lipinski definition) is 4. The minimum Gasteiger partial charge on any atom is -0.494 e. The zero-order valence-electron chi connectivity index (χ0n) is 9.25. The topological polar surface area (TPSA) is 39.2 Å². The summed E-state index contributed by atoms with van der Waals surface area (Å²) in [7, 11) is 1.45. The number of hydrogen-bond donors (Lipinski definition) is 0. The number of carbonyl (C=O) groups is 1. The molecule has 0 aliphatic heterocycles. The average Bonchev–Trinajstić information content (AvgIpc) is 2.69. The summed E-state index contributed by atoms with van der Waals surface area (Å²) >= 11 is 1.06. The number of alkyl halides is 3. The number of ether oxygens (including phenoxy) is 1. The first-order valence-corrected chi connectivity index (χ1v) is 5.76.